The summed E-state index contributed by atoms with van der Waals surface area (Å²) in [5, 5.41) is 13.5. The minimum Gasteiger partial charge on any atom is -0.485 e. The van der Waals surface area contributed by atoms with E-state index < -0.39 is 17.6 Å². The number of nitrogens with one attached hydrogen (secondary N) is 1. The molecule has 2 heterocycles. The van der Waals surface area contributed by atoms with Crippen molar-refractivity contribution in [1.82, 2.24) is 4.57 Å². The van der Waals surface area contributed by atoms with Gasteiger partial charge in [0, 0.05) is 36.0 Å². The van der Waals surface area contributed by atoms with Crippen molar-refractivity contribution in [2.45, 2.75) is 31.5 Å². The number of aliphatic hydroxyl groups is 1. The summed E-state index contributed by atoms with van der Waals surface area (Å²) in [7, 11) is 1.67. The lowest BCUT2D eigenvalue weighted by atomic mass is 9.77. The Morgan fingerprint density at radius 3 is 2.75 bits per heavy atom. The number of pyridine rings is 1. The van der Waals surface area contributed by atoms with E-state index in [1.54, 1.807) is 57.4 Å². The molecule has 0 saturated carbocycles. The number of rotatable bonds is 3. The molecular weight excluding hydrogens is 308 g/mol. The van der Waals surface area contributed by atoms with Crippen LogP contribution in [0.25, 0.3) is 0 Å². The molecule has 1 aromatic heterocycles. The van der Waals surface area contributed by atoms with Crippen LogP contribution < -0.4 is 15.6 Å². The highest BCUT2D eigenvalue weighted by atomic mass is 16.5. The highest BCUT2D eigenvalue weighted by Gasteiger charge is 2.44. The van der Waals surface area contributed by atoms with Crippen molar-refractivity contribution in [3.05, 3.63) is 58.0 Å². The lowest BCUT2D eigenvalue weighted by molar-refractivity contribution is -0.105. The van der Waals surface area contributed by atoms with Gasteiger partial charge in [0.2, 0.25) is 6.41 Å². The zero-order valence-electron chi connectivity index (χ0n) is 13.8. The first kappa shape index (κ1) is 16.3. The molecule has 2 aromatic rings. The first-order valence-electron chi connectivity index (χ1n) is 7.72. The summed E-state index contributed by atoms with van der Waals surface area (Å²) in [6.07, 6.45) is 1.35. The number of ether oxygens (including phenoxy) is 1. The van der Waals surface area contributed by atoms with E-state index in [1.165, 1.54) is 4.57 Å². The van der Waals surface area contributed by atoms with Crippen LogP contribution in [0.15, 0.2) is 41.3 Å². The van der Waals surface area contributed by atoms with Crippen molar-refractivity contribution in [2.75, 3.05) is 5.32 Å². The van der Waals surface area contributed by atoms with E-state index >= 15 is 0 Å². The first-order chi connectivity index (χ1) is 11.3. The zero-order chi connectivity index (χ0) is 17.5. The van der Waals surface area contributed by atoms with E-state index in [-0.39, 0.29) is 5.56 Å². The van der Waals surface area contributed by atoms with Crippen LogP contribution in [-0.4, -0.2) is 27.8 Å². The van der Waals surface area contributed by atoms with Gasteiger partial charge in [-0.15, -0.1) is 0 Å². The van der Waals surface area contributed by atoms with Gasteiger partial charge in [-0.25, -0.2) is 0 Å². The fourth-order valence-corrected chi connectivity index (χ4v) is 3.15. The van der Waals surface area contributed by atoms with Crippen molar-refractivity contribution in [2.24, 2.45) is 7.05 Å². The molecule has 0 bridgehead atoms. The van der Waals surface area contributed by atoms with E-state index in [4.69, 9.17) is 4.74 Å². The molecule has 0 spiro atoms. The van der Waals surface area contributed by atoms with Crippen molar-refractivity contribution >= 4 is 12.1 Å². The van der Waals surface area contributed by atoms with E-state index in [1.807, 2.05) is 0 Å². The van der Waals surface area contributed by atoms with E-state index in [2.05, 4.69) is 5.32 Å². The zero-order valence-corrected chi connectivity index (χ0v) is 13.8. The molecule has 2 atom stereocenters. The van der Waals surface area contributed by atoms with Gasteiger partial charge >= 0.3 is 0 Å². The number of fused-ring (bicyclic) bond motifs is 1. The van der Waals surface area contributed by atoms with Crippen LogP contribution in [-0.2, 0) is 11.8 Å². The number of amides is 1. The maximum atomic E-state index is 12.6. The minimum atomic E-state index is -0.911. The van der Waals surface area contributed by atoms with Gasteiger partial charge in [0.05, 0.1) is 0 Å². The molecule has 0 fully saturated rings. The molecule has 1 aliphatic rings. The summed E-state index contributed by atoms with van der Waals surface area (Å²) in [5.74, 6) is 0.0507. The van der Waals surface area contributed by atoms with Crippen molar-refractivity contribution in [1.29, 1.82) is 0 Å². The molecule has 3 rings (SSSR count). The summed E-state index contributed by atoms with van der Waals surface area (Å²) in [6, 6.07) is 8.70. The molecule has 2 N–H and O–H groups in total. The average Bonchev–Trinajstić information content (AvgIpc) is 2.53. The predicted molar refractivity (Wildman–Crippen MR) is 90.4 cm³/mol. The molecule has 0 aliphatic carbocycles. The fraction of sp³-hybridized carbons (Fsp3) is 0.333. The number of carbonyl (C=O) groups excluding carboxylic acids is 1. The van der Waals surface area contributed by atoms with Crippen LogP contribution in [0.4, 0.5) is 5.69 Å². The van der Waals surface area contributed by atoms with Crippen LogP contribution in [0.3, 0.4) is 0 Å². The SMILES string of the molecule is Cn1cccc(C2c3cc(NC=O)ccc3OC(C)(C)C2O)c1=O. The highest BCUT2D eigenvalue weighted by molar-refractivity contribution is 5.72. The quantitative estimate of drug-likeness (QED) is 0.839. The maximum absolute atomic E-state index is 12.6. The third-order valence-corrected chi connectivity index (χ3v) is 4.46. The second kappa shape index (κ2) is 5.79. The second-order valence-corrected chi connectivity index (χ2v) is 6.52. The van der Waals surface area contributed by atoms with Crippen molar-refractivity contribution in [3.8, 4) is 5.75 Å². The number of anilines is 1. The van der Waals surface area contributed by atoms with Gasteiger partial charge in [-0.3, -0.25) is 9.59 Å². The number of benzene rings is 1. The summed E-state index contributed by atoms with van der Waals surface area (Å²) in [6.45, 7) is 3.58. The molecule has 0 radical (unpaired) electrons. The Labute approximate surface area is 139 Å². The van der Waals surface area contributed by atoms with E-state index in [0.29, 0.717) is 29.0 Å². The van der Waals surface area contributed by atoms with Gasteiger partial charge in [0.15, 0.2) is 0 Å². The lowest BCUT2D eigenvalue weighted by Gasteiger charge is -2.42. The van der Waals surface area contributed by atoms with Gasteiger partial charge in [-0.1, -0.05) is 6.07 Å². The Morgan fingerprint density at radius 2 is 2.04 bits per heavy atom. The van der Waals surface area contributed by atoms with Gasteiger partial charge < -0.3 is 19.7 Å². The number of nitrogens with zero attached hydrogens (tertiary/aromatic N) is 1. The van der Waals surface area contributed by atoms with Crippen LogP contribution >= 0.6 is 0 Å². The fourth-order valence-electron chi connectivity index (χ4n) is 3.15. The molecule has 1 aromatic carbocycles. The smallest absolute Gasteiger partial charge is 0.254 e. The van der Waals surface area contributed by atoms with E-state index in [0.717, 1.165) is 0 Å². The Hall–Kier alpha value is -2.60. The van der Waals surface area contributed by atoms with Gasteiger partial charge in [-0.05, 0) is 38.1 Å². The molecule has 2 unspecified atom stereocenters. The summed E-state index contributed by atoms with van der Waals surface area (Å²) < 4.78 is 7.40. The molecule has 6 heteroatoms. The highest BCUT2D eigenvalue weighted by Crippen LogP contribution is 2.44. The Morgan fingerprint density at radius 1 is 1.29 bits per heavy atom. The van der Waals surface area contributed by atoms with Crippen molar-refractivity contribution in [3.63, 3.8) is 0 Å². The van der Waals surface area contributed by atoms with Crippen LogP contribution in [0.1, 0.15) is 30.9 Å². The number of carbonyl (C=O) groups is 1. The number of hydrogen-bond donors (Lipinski definition) is 2. The molecule has 126 valence electrons. The monoisotopic (exact) mass is 328 g/mol. The molecular formula is C18H20N2O4. The van der Waals surface area contributed by atoms with Crippen LogP contribution in [0, 0.1) is 0 Å². The number of aromatic nitrogens is 1. The molecule has 1 amide bonds. The molecule has 0 saturated heterocycles. The molecule has 1 aliphatic heterocycles. The third kappa shape index (κ3) is 2.59. The third-order valence-electron chi connectivity index (χ3n) is 4.46. The lowest BCUT2D eigenvalue weighted by Crippen LogP contribution is -2.50. The Kier molecular flexibility index (Phi) is 3.93. The normalized spacial score (nSPS) is 21.5. The summed E-state index contributed by atoms with van der Waals surface area (Å²) in [5.41, 5.74) is 0.735. The van der Waals surface area contributed by atoms with E-state index in [9.17, 15) is 14.7 Å². The Balaban J connectivity index is 2.23. The van der Waals surface area contributed by atoms with Gasteiger partial charge in [0.25, 0.3) is 5.56 Å². The number of hydrogen-bond acceptors (Lipinski definition) is 4. The Bertz CT molecular complexity index is 841. The summed E-state index contributed by atoms with van der Waals surface area (Å²) in [4.78, 5) is 23.3. The van der Waals surface area contributed by atoms with Crippen LogP contribution in [0.5, 0.6) is 5.75 Å². The number of aryl methyl sites for hydroxylation is 1. The summed E-state index contributed by atoms with van der Waals surface area (Å²) >= 11 is 0. The second-order valence-electron chi connectivity index (χ2n) is 6.52. The standard InChI is InChI=1S/C18H20N2O4/c1-18(2)16(22)15(12-5-4-8-20(3)17(12)23)13-9-11(19-10-21)6-7-14(13)24-18/h4-10,15-16,22H,1-3H3,(H,19,21). The largest absolute Gasteiger partial charge is 0.485 e. The molecule has 6 nitrogen and oxygen atoms in total. The number of aliphatic hydroxyl groups excluding tert-OH is 1. The predicted octanol–water partition coefficient (Wildman–Crippen LogP) is 1.62. The van der Waals surface area contributed by atoms with Crippen LogP contribution in [0.2, 0.25) is 0 Å². The van der Waals surface area contributed by atoms with Gasteiger partial charge in [-0.2, -0.15) is 0 Å². The topological polar surface area (TPSA) is 80.6 Å². The average molecular weight is 328 g/mol. The first-order valence-corrected chi connectivity index (χ1v) is 7.72. The maximum Gasteiger partial charge on any atom is 0.254 e. The minimum absolute atomic E-state index is 0.168. The molecule has 24 heavy (non-hydrogen) atoms. The van der Waals surface area contributed by atoms with Crippen molar-refractivity contribution < 1.29 is 14.6 Å². The van der Waals surface area contributed by atoms with Gasteiger partial charge in [0.1, 0.15) is 17.5 Å².